The van der Waals surface area contributed by atoms with Gasteiger partial charge < -0.3 is 0 Å². The van der Waals surface area contributed by atoms with Gasteiger partial charge in [-0.25, -0.2) is 18.4 Å². The molecular formula is C8H4BrCl2N3O2S2. The monoisotopic (exact) mass is 387 g/mol. The number of sulfonamides is 1. The predicted molar refractivity (Wildman–Crippen MR) is 74.9 cm³/mol. The molecule has 0 aliphatic heterocycles. The average molecular weight is 389 g/mol. The van der Waals surface area contributed by atoms with Gasteiger partial charge >= 0.3 is 0 Å². The largest absolute Gasteiger partial charge is 0.272 e. The second-order valence-electron chi connectivity index (χ2n) is 3.02. The van der Waals surface area contributed by atoms with Gasteiger partial charge in [-0.15, -0.1) is 11.3 Å². The van der Waals surface area contributed by atoms with Crippen molar-refractivity contribution in [2.24, 2.45) is 0 Å². The molecule has 0 radical (unpaired) electrons. The van der Waals surface area contributed by atoms with Crippen LogP contribution in [0.2, 0.25) is 10.2 Å². The first-order valence-electron chi connectivity index (χ1n) is 4.34. The topological polar surface area (TPSA) is 72.0 Å². The fourth-order valence-corrected chi connectivity index (χ4v) is 4.50. The van der Waals surface area contributed by atoms with Gasteiger partial charge in [-0.1, -0.05) is 23.2 Å². The lowest BCUT2D eigenvalue weighted by Gasteiger charge is -2.04. The lowest BCUT2D eigenvalue weighted by molar-refractivity contribution is 0.603. The molecule has 0 unspecified atom stereocenters. The molecule has 0 aromatic carbocycles. The van der Waals surface area contributed by atoms with Crippen molar-refractivity contribution in [1.29, 1.82) is 0 Å². The number of nitrogens with zero attached hydrogens (tertiary/aromatic N) is 2. The molecule has 0 bridgehead atoms. The predicted octanol–water partition coefficient (Wildman–Crippen LogP) is 3.41. The Kier molecular flexibility index (Phi) is 4.12. The Hall–Kier alpha value is -0.410. The Morgan fingerprint density at radius 3 is 2.50 bits per heavy atom. The highest BCUT2D eigenvalue weighted by Gasteiger charge is 2.19. The maximum atomic E-state index is 12.0. The van der Waals surface area contributed by atoms with E-state index in [1.165, 1.54) is 18.5 Å². The molecule has 1 N–H and O–H groups in total. The summed E-state index contributed by atoms with van der Waals surface area (Å²) in [4.78, 5) is 7.52. The molecule has 0 aliphatic rings. The molecule has 5 nitrogen and oxygen atoms in total. The van der Waals surface area contributed by atoms with Crippen LogP contribution in [0.5, 0.6) is 0 Å². The fraction of sp³-hybridized carbons (Fsp3) is 0. The second-order valence-corrected chi connectivity index (χ2v) is 8.09. The van der Waals surface area contributed by atoms with Crippen LogP contribution in [0.4, 0.5) is 5.82 Å². The summed E-state index contributed by atoms with van der Waals surface area (Å²) >= 11 is 15.5. The summed E-state index contributed by atoms with van der Waals surface area (Å²) in [7, 11) is -3.72. The first-order valence-corrected chi connectivity index (χ1v) is 8.18. The van der Waals surface area contributed by atoms with E-state index < -0.39 is 10.0 Å². The Bertz CT molecular complexity index is 653. The Balaban J connectivity index is 2.29. The van der Waals surface area contributed by atoms with Gasteiger partial charge in [-0.3, -0.25) is 4.72 Å². The summed E-state index contributed by atoms with van der Waals surface area (Å²) < 4.78 is 26.8. The molecule has 0 spiro atoms. The Morgan fingerprint density at radius 1 is 1.28 bits per heavy atom. The van der Waals surface area contributed by atoms with Gasteiger partial charge in [-0.05, 0) is 22.0 Å². The molecule has 2 heterocycles. The third kappa shape index (κ3) is 3.12. The van der Waals surface area contributed by atoms with Crippen LogP contribution in [0.15, 0.2) is 26.5 Å². The number of anilines is 1. The van der Waals surface area contributed by atoms with E-state index in [-0.39, 0.29) is 15.2 Å². The molecule has 2 aromatic rings. The number of nitrogens with one attached hydrogen (secondary N) is 1. The average Bonchev–Trinajstić information content (AvgIpc) is 2.63. The molecule has 2 aromatic heterocycles. The van der Waals surface area contributed by atoms with Gasteiger partial charge in [0, 0.05) is 0 Å². The van der Waals surface area contributed by atoms with Crippen LogP contribution in [-0.4, -0.2) is 18.4 Å². The first kappa shape index (κ1) is 14.0. The third-order valence-electron chi connectivity index (χ3n) is 1.75. The van der Waals surface area contributed by atoms with E-state index >= 15 is 0 Å². The molecule has 0 atom stereocenters. The number of aromatic nitrogens is 2. The molecule has 0 fully saturated rings. The van der Waals surface area contributed by atoms with E-state index in [1.807, 2.05) is 0 Å². The number of hydrogen-bond acceptors (Lipinski definition) is 5. The molecule has 0 saturated carbocycles. The van der Waals surface area contributed by atoms with Crippen molar-refractivity contribution in [1.82, 2.24) is 9.97 Å². The molecule has 18 heavy (non-hydrogen) atoms. The van der Waals surface area contributed by atoms with E-state index in [4.69, 9.17) is 23.2 Å². The van der Waals surface area contributed by atoms with Crippen molar-refractivity contribution >= 4 is 66.3 Å². The van der Waals surface area contributed by atoms with Crippen molar-refractivity contribution in [3.63, 3.8) is 0 Å². The summed E-state index contributed by atoms with van der Waals surface area (Å²) in [5.41, 5.74) is 0. The SMILES string of the molecule is O=S(=O)(Nc1cnc(Cl)cn1)c1cc(Cl)c(Br)s1. The highest BCUT2D eigenvalue weighted by atomic mass is 79.9. The minimum atomic E-state index is -3.72. The zero-order chi connectivity index (χ0) is 13.3. The van der Waals surface area contributed by atoms with Crippen LogP contribution >= 0.6 is 50.5 Å². The highest BCUT2D eigenvalue weighted by molar-refractivity contribution is 9.11. The maximum Gasteiger partial charge on any atom is 0.272 e. The van der Waals surface area contributed by atoms with E-state index in [0.717, 1.165) is 11.3 Å². The standard InChI is InChI=1S/C8H4BrCl2N3O2S2/c9-8-4(10)1-7(17-8)18(15,16)14-6-3-12-5(11)2-13-6/h1-3H,(H,13,14). The number of hydrogen-bond donors (Lipinski definition) is 1. The quantitative estimate of drug-likeness (QED) is 0.874. The maximum absolute atomic E-state index is 12.0. The number of halogens is 3. The lowest BCUT2D eigenvalue weighted by atomic mass is 10.7. The van der Waals surface area contributed by atoms with Gasteiger partial charge in [-0.2, -0.15) is 0 Å². The molecular weight excluding hydrogens is 385 g/mol. The Labute approximate surface area is 125 Å². The molecule has 96 valence electrons. The van der Waals surface area contributed by atoms with Crippen LogP contribution in [0.3, 0.4) is 0 Å². The molecule has 0 amide bonds. The fourth-order valence-electron chi connectivity index (χ4n) is 1.01. The zero-order valence-electron chi connectivity index (χ0n) is 8.39. The van der Waals surface area contributed by atoms with Crippen molar-refractivity contribution < 1.29 is 8.42 Å². The lowest BCUT2D eigenvalue weighted by Crippen LogP contribution is -2.12. The second kappa shape index (κ2) is 5.30. The first-order chi connectivity index (χ1) is 8.38. The van der Waals surface area contributed by atoms with Crippen LogP contribution < -0.4 is 4.72 Å². The molecule has 10 heteroatoms. The van der Waals surface area contributed by atoms with Crippen LogP contribution in [0.1, 0.15) is 0 Å². The summed E-state index contributed by atoms with van der Waals surface area (Å²) in [5.74, 6) is 0.0834. The van der Waals surface area contributed by atoms with Crippen molar-refractivity contribution in [3.05, 3.63) is 32.4 Å². The van der Waals surface area contributed by atoms with Gasteiger partial charge in [0.2, 0.25) is 0 Å². The number of thiophene rings is 1. The smallest absolute Gasteiger partial charge is 0.261 e. The van der Waals surface area contributed by atoms with Crippen molar-refractivity contribution in [2.45, 2.75) is 4.21 Å². The third-order valence-corrected chi connectivity index (χ3v) is 6.24. The van der Waals surface area contributed by atoms with Crippen LogP contribution in [-0.2, 0) is 10.0 Å². The minimum Gasteiger partial charge on any atom is -0.261 e. The zero-order valence-corrected chi connectivity index (χ0v) is 13.1. The van der Waals surface area contributed by atoms with Gasteiger partial charge in [0.1, 0.15) is 9.36 Å². The van der Waals surface area contributed by atoms with Gasteiger partial charge in [0.05, 0.1) is 21.2 Å². The van der Waals surface area contributed by atoms with Gasteiger partial charge in [0.25, 0.3) is 10.0 Å². The van der Waals surface area contributed by atoms with E-state index in [0.29, 0.717) is 8.81 Å². The van der Waals surface area contributed by atoms with Crippen molar-refractivity contribution in [3.8, 4) is 0 Å². The van der Waals surface area contributed by atoms with E-state index in [9.17, 15) is 8.42 Å². The summed E-state index contributed by atoms with van der Waals surface area (Å²) in [5, 5.41) is 0.516. The van der Waals surface area contributed by atoms with Gasteiger partial charge in [0.15, 0.2) is 5.82 Å². The van der Waals surface area contributed by atoms with Crippen LogP contribution in [0.25, 0.3) is 0 Å². The normalized spacial score (nSPS) is 11.5. The van der Waals surface area contributed by atoms with E-state index in [2.05, 4.69) is 30.6 Å². The molecule has 0 saturated heterocycles. The minimum absolute atomic E-state index is 0.0797. The van der Waals surface area contributed by atoms with Crippen molar-refractivity contribution in [2.75, 3.05) is 4.72 Å². The summed E-state index contributed by atoms with van der Waals surface area (Å²) in [6.45, 7) is 0. The van der Waals surface area contributed by atoms with Crippen LogP contribution in [0, 0.1) is 0 Å². The highest BCUT2D eigenvalue weighted by Crippen LogP contribution is 2.35. The summed E-state index contributed by atoms with van der Waals surface area (Å²) in [6, 6.07) is 1.35. The number of rotatable bonds is 3. The molecule has 0 aliphatic carbocycles. The Morgan fingerprint density at radius 2 is 2.00 bits per heavy atom. The van der Waals surface area contributed by atoms with E-state index in [1.54, 1.807) is 0 Å². The summed E-state index contributed by atoms with van der Waals surface area (Å²) in [6.07, 6.45) is 2.47. The molecule has 2 rings (SSSR count).